The third kappa shape index (κ3) is 8.16. The van der Waals surface area contributed by atoms with E-state index in [1.54, 1.807) is 13.0 Å². The van der Waals surface area contributed by atoms with E-state index in [1.165, 1.54) is 6.08 Å². The van der Waals surface area contributed by atoms with Gasteiger partial charge in [-0.1, -0.05) is 33.3 Å². The fraction of sp³-hybridized carbons (Fsp3) is 0.769. The lowest BCUT2D eigenvalue weighted by molar-refractivity contribution is -0.140. The van der Waals surface area contributed by atoms with Gasteiger partial charge in [0.2, 0.25) is 0 Å². The van der Waals surface area contributed by atoms with Crippen molar-refractivity contribution >= 4 is 15.0 Å². The maximum Gasteiger partial charge on any atom is 0.330 e. The normalized spacial score (nSPS) is 13.2. The summed E-state index contributed by atoms with van der Waals surface area (Å²) in [7, 11) is -1.07. The molecule has 0 heterocycles. The van der Waals surface area contributed by atoms with E-state index in [4.69, 9.17) is 9.16 Å². The van der Waals surface area contributed by atoms with Crippen LogP contribution in [0, 0.1) is 0 Å². The molecule has 0 fully saturated rings. The fourth-order valence-corrected chi connectivity index (χ4v) is 3.35. The molecular formula is C13H26O3Si. The van der Waals surface area contributed by atoms with E-state index >= 15 is 0 Å². The molecule has 4 heteroatoms. The van der Waals surface area contributed by atoms with Gasteiger partial charge in [-0.05, 0) is 25.4 Å². The van der Waals surface area contributed by atoms with Crippen LogP contribution in [0.4, 0.5) is 0 Å². The predicted molar refractivity (Wildman–Crippen MR) is 73.7 cm³/mol. The van der Waals surface area contributed by atoms with Crippen molar-refractivity contribution in [3.63, 3.8) is 0 Å². The van der Waals surface area contributed by atoms with Gasteiger partial charge in [-0.15, -0.1) is 0 Å². The molecular weight excluding hydrogens is 232 g/mol. The van der Waals surface area contributed by atoms with Crippen molar-refractivity contribution in [2.75, 3.05) is 6.61 Å². The molecule has 0 saturated carbocycles. The number of carbonyl (C=O) groups is 1. The third-order valence-corrected chi connectivity index (χ3v) is 5.21. The second-order valence-corrected chi connectivity index (χ2v) is 7.26. The minimum Gasteiger partial charge on any atom is -0.460 e. The van der Waals surface area contributed by atoms with Crippen LogP contribution in [0.1, 0.15) is 40.5 Å². The maximum atomic E-state index is 11.2. The number of carbonyl (C=O) groups excluding carboxylic acids is 1. The SMILES string of the molecule is CC=CC(=O)OCC(CCC)O[SiH](CC)CC. The highest BCUT2D eigenvalue weighted by atomic mass is 28.3. The molecule has 0 N–H and O–H groups in total. The summed E-state index contributed by atoms with van der Waals surface area (Å²) >= 11 is 0. The standard InChI is InChI=1S/C13H26O3Si/c1-5-9-12(16-17(7-3)8-4)11-15-13(14)10-6-2/h6,10,12,17H,5,7-9,11H2,1-4H3. The molecule has 0 aliphatic carbocycles. The Labute approximate surface area is 107 Å². The zero-order chi connectivity index (χ0) is 13.1. The summed E-state index contributed by atoms with van der Waals surface area (Å²) in [6, 6.07) is 2.28. The largest absolute Gasteiger partial charge is 0.460 e. The Bertz CT molecular complexity index is 225. The van der Waals surface area contributed by atoms with Crippen LogP contribution in [-0.4, -0.2) is 27.7 Å². The molecule has 0 saturated heterocycles. The van der Waals surface area contributed by atoms with Crippen LogP contribution in [0.15, 0.2) is 12.2 Å². The Morgan fingerprint density at radius 3 is 2.41 bits per heavy atom. The van der Waals surface area contributed by atoms with Gasteiger partial charge in [0.25, 0.3) is 0 Å². The molecule has 0 aromatic carbocycles. The van der Waals surface area contributed by atoms with Gasteiger partial charge in [0.15, 0.2) is 9.04 Å². The molecule has 0 bridgehead atoms. The van der Waals surface area contributed by atoms with Crippen molar-refractivity contribution in [2.24, 2.45) is 0 Å². The van der Waals surface area contributed by atoms with Crippen molar-refractivity contribution in [1.29, 1.82) is 0 Å². The van der Waals surface area contributed by atoms with E-state index in [-0.39, 0.29) is 12.1 Å². The van der Waals surface area contributed by atoms with E-state index in [1.807, 2.05) is 0 Å². The zero-order valence-corrected chi connectivity index (χ0v) is 12.7. The van der Waals surface area contributed by atoms with E-state index < -0.39 is 9.04 Å². The van der Waals surface area contributed by atoms with Crippen LogP contribution in [0.2, 0.25) is 12.1 Å². The molecule has 100 valence electrons. The smallest absolute Gasteiger partial charge is 0.330 e. The second-order valence-electron chi connectivity index (χ2n) is 4.12. The Hall–Kier alpha value is -0.613. The number of allylic oxidation sites excluding steroid dienone is 1. The van der Waals surface area contributed by atoms with Crippen molar-refractivity contribution in [3.05, 3.63) is 12.2 Å². The van der Waals surface area contributed by atoms with Crippen molar-refractivity contribution in [1.82, 2.24) is 0 Å². The lowest BCUT2D eigenvalue weighted by Crippen LogP contribution is -2.29. The van der Waals surface area contributed by atoms with Gasteiger partial charge >= 0.3 is 5.97 Å². The molecule has 17 heavy (non-hydrogen) atoms. The number of hydrogen-bond donors (Lipinski definition) is 0. The maximum absolute atomic E-state index is 11.2. The first-order valence-electron chi connectivity index (χ1n) is 6.62. The molecule has 1 atom stereocenters. The van der Waals surface area contributed by atoms with Gasteiger partial charge < -0.3 is 9.16 Å². The number of hydrogen-bond acceptors (Lipinski definition) is 3. The summed E-state index contributed by atoms with van der Waals surface area (Å²) < 4.78 is 11.2. The molecule has 1 unspecified atom stereocenters. The molecule has 0 amide bonds. The zero-order valence-electron chi connectivity index (χ0n) is 11.6. The molecule has 3 nitrogen and oxygen atoms in total. The number of esters is 1. The van der Waals surface area contributed by atoms with Crippen molar-refractivity contribution < 1.29 is 14.0 Å². The summed E-state index contributed by atoms with van der Waals surface area (Å²) in [6.07, 6.45) is 5.24. The lowest BCUT2D eigenvalue weighted by atomic mass is 10.2. The van der Waals surface area contributed by atoms with E-state index in [9.17, 15) is 4.79 Å². The van der Waals surface area contributed by atoms with Crippen molar-refractivity contribution in [2.45, 2.75) is 58.7 Å². The highest BCUT2D eigenvalue weighted by Gasteiger charge is 2.16. The minimum atomic E-state index is -1.07. The first-order chi connectivity index (χ1) is 8.17. The van der Waals surface area contributed by atoms with Gasteiger partial charge in [-0.25, -0.2) is 4.79 Å². The minimum absolute atomic E-state index is 0.0887. The summed E-state index contributed by atoms with van der Waals surface area (Å²) in [4.78, 5) is 11.2. The highest BCUT2D eigenvalue weighted by molar-refractivity contribution is 6.51. The van der Waals surface area contributed by atoms with Crippen molar-refractivity contribution in [3.8, 4) is 0 Å². The van der Waals surface area contributed by atoms with Gasteiger partial charge in [0, 0.05) is 6.08 Å². The molecule has 0 aromatic heterocycles. The molecule has 0 aliphatic heterocycles. The Kier molecular flexibility index (Phi) is 10.2. The van der Waals surface area contributed by atoms with Gasteiger partial charge in [0.05, 0.1) is 6.10 Å². The highest BCUT2D eigenvalue weighted by Crippen LogP contribution is 2.10. The first kappa shape index (κ1) is 16.4. The third-order valence-electron chi connectivity index (χ3n) is 2.62. The molecule has 0 spiro atoms. The first-order valence-corrected chi connectivity index (χ1v) is 8.73. The Balaban J connectivity index is 4.09. The summed E-state index contributed by atoms with van der Waals surface area (Å²) in [5, 5.41) is 0. The molecule has 0 rings (SSSR count). The van der Waals surface area contributed by atoms with Crippen LogP contribution < -0.4 is 0 Å². The number of ether oxygens (including phenoxy) is 1. The van der Waals surface area contributed by atoms with E-state index in [2.05, 4.69) is 20.8 Å². The summed E-state index contributed by atoms with van der Waals surface area (Å²) in [5.41, 5.74) is 0. The van der Waals surface area contributed by atoms with Crippen LogP contribution in [0.3, 0.4) is 0 Å². The monoisotopic (exact) mass is 258 g/mol. The number of rotatable bonds is 9. The molecule has 0 aliphatic rings. The van der Waals surface area contributed by atoms with Gasteiger partial charge in [-0.2, -0.15) is 0 Å². The topological polar surface area (TPSA) is 35.5 Å². The Morgan fingerprint density at radius 1 is 1.29 bits per heavy atom. The predicted octanol–water partition coefficient (Wildman–Crippen LogP) is 3.05. The quantitative estimate of drug-likeness (QED) is 0.362. The van der Waals surface area contributed by atoms with Crippen LogP contribution in [-0.2, 0) is 14.0 Å². The van der Waals surface area contributed by atoms with Crippen LogP contribution in [0.5, 0.6) is 0 Å². The lowest BCUT2D eigenvalue weighted by Gasteiger charge is -2.22. The average Bonchev–Trinajstić information content (AvgIpc) is 2.33. The summed E-state index contributed by atoms with van der Waals surface area (Å²) in [5.74, 6) is -0.275. The Morgan fingerprint density at radius 2 is 1.94 bits per heavy atom. The molecule has 0 radical (unpaired) electrons. The van der Waals surface area contributed by atoms with E-state index in [0.717, 1.165) is 24.9 Å². The summed E-state index contributed by atoms with van der Waals surface area (Å²) in [6.45, 7) is 8.67. The van der Waals surface area contributed by atoms with Crippen LogP contribution in [0.25, 0.3) is 0 Å². The molecule has 0 aromatic rings. The fourth-order valence-electron chi connectivity index (χ4n) is 1.63. The van der Waals surface area contributed by atoms with Gasteiger partial charge in [-0.3, -0.25) is 0 Å². The van der Waals surface area contributed by atoms with Gasteiger partial charge in [0.1, 0.15) is 6.61 Å². The average molecular weight is 258 g/mol. The van der Waals surface area contributed by atoms with Crippen LogP contribution >= 0.6 is 0 Å². The second kappa shape index (κ2) is 10.5. The van der Waals surface area contributed by atoms with E-state index in [0.29, 0.717) is 6.61 Å².